The van der Waals surface area contributed by atoms with Gasteiger partial charge in [0.05, 0.1) is 17.9 Å². The zero-order chi connectivity index (χ0) is 23.3. The molecule has 0 radical (unpaired) electrons. The Morgan fingerprint density at radius 2 is 1.97 bits per heavy atom. The molecule has 2 heterocycles. The van der Waals surface area contributed by atoms with Gasteiger partial charge in [-0.2, -0.15) is 5.10 Å². The molecule has 1 saturated heterocycles. The number of carbonyl (C=O) groups is 2. The van der Waals surface area contributed by atoms with Crippen molar-refractivity contribution in [2.45, 2.75) is 55.5 Å². The van der Waals surface area contributed by atoms with E-state index in [2.05, 4.69) is 46.3 Å². The van der Waals surface area contributed by atoms with E-state index in [4.69, 9.17) is 0 Å². The van der Waals surface area contributed by atoms with Gasteiger partial charge in [-0.05, 0) is 62.3 Å². The molecule has 2 amide bonds. The lowest BCUT2D eigenvalue weighted by Gasteiger charge is -2.29. The van der Waals surface area contributed by atoms with Crippen LogP contribution in [0.3, 0.4) is 0 Å². The van der Waals surface area contributed by atoms with Crippen LogP contribution in [0.5, 0.6) is 0 Å². The molecule has 6 nitrogen and oxygen atoms in total. The first-order valence-electron chi connectivity index (χ1n) is 11.3. The lowest BCUT2D eigenvalue weighted by molar-refractivity contribution is -0.123. The summed E-state index contributed by atoms with van der Waals surface area (Å²) >= 11 is 1.71. The van der Waals surface area contributed by atoms with Gasteiger partial charge in [0.2, 0.25) is 11.8 Å². The van der Waals surface area contributed by atoms with Gasteiger partial charge in [-0.25, -0.2) is 4.68 Å². The molecule has 2 unspecified atom stereocenters. The van der Waals surface area contributed by atoms with Gasteiger partial charge in [0.25, 0.3) is 0 Å². The first-order valence-corrected chi connectivity index (χ1v) is 12.5. The van der Waals surface area contributed by atoms with E-state index in [9.17, 15) is 9.59 Å². The van der Waals surface area contributed by atoms with Gasteiger partial charge >= 0.3 is 0 Å². The highest BCUT2D eigenvalue weighted by Gasteiger charge is 2.37. The zero-order valence-electron chi connectivity index (χ0n) is 19.1. The number of rotatable bonds is 9. The molecule has 0 aliphatic carbocycles. The van der Waals surface area contributed by atoms with Crippen molar-refractivity contribution in [3.05, 3.63) is 78.1 Å². The molecule has 172 valence electrons. The predicted octanol–water partition coefficient (Wildman–Crippen LogP) is 4.44. The number of carbonyl (C=O) groups excluding carboxylic acids is 2. The van der Waals surface area contributed by atoms with Gasteiger partial charge in [0.1, 0.15) is 0 Å². The van der Waals surface area contributed by atoms with Gasteiger partial charge in [-0.1, -0.05) is 30.3 Å². The Hall–Kier alpha value is -3.06. The molecule has 0 bridgehead atoms. The first kappa shape index (κ1) is 23.1. The topological polar surface area (TPSA) is 76.0 Å². The molecule has 2 aromatic carbocycles. The molecule has 2 atom stereocenters. The van der Waals surface area contributed by atoms with E-state index in [1.807, 2.05) is 48.1 Å². The number of thioether (sulfide) groups is 1. The van der Waals surface area contributed by atoms with Crippen LogP contribution in [0.25, 0.3) is 5.69 Å². The number of para-hydroxylation sites is 1. The van der Waals surface area contributed by atoms with E-state index in [0.717, 1.165) is 24.1 Å². The number of nitrogens with zero attached hydrogens (tertiary/aromatic N) is 2. The zero-order valence-corrected chi connectivity index (χ0v) is 19.9. The summed E-state index contributed by atoms with van der Waals surface area (Å²) in [6.07, 6.45) is 8.76. The third-order valence-electron chi connectivity index (χ3n) is 6.27. The van der Waals surface area contributed by atoms with Crippen molar-refractivity contribution in [1.29, 1.82) is 0 Å². The molecule has 1 aromatic heterocycles. The summed E-state index contributed by atoms with van der Waals surface area (Å²) < 4.78 is 1.81. The van der Waals surface area contributed by atoms with Crippen LogP contribution in [0.1, 0.15) is 49.8 Å². The molecule has 0 spiro atoms. The van der Waals surface area contributed by atoms with Crippen molar-refractivity contribution in [3.63, 3.8) is 0 Å². The highest BCUT2D eigenvalue weighted by molar-refractivity contribution is 7.98. The quantitative estimate of drug-likeness (QED) is 0.461. The molecule has 33 heavy (non-hydrogen) atoms. The predicted molar refractivity (Wildman–Crippen MR) is 131 cm³/mol. The number of hydrogen-bond donors (Lipinski definition) is 2. The van der Waals surface area contributed by atoms with Gasteiger partial charge < -0.3 is 10.6 Å². The maximum absolute atomic E-state index is 12.8. The second-order valence-corrected chi connectivity index (χ2v) is 9.58. The molecule has 4 rings (SSSR count). The van der Waals surface area contributed by atoms with Crippen molar-refractivity contribution in [2.75, 3.05) is 6.26 Å². The first-order chi connectivity index (χ1) is 16.0. The Kier molecular flexibility index (Phi) is 7.18. The average Bonchev–Trinajstić information content (AvgIpc) is 3.47. The Morgan fingerprint density at radius 3 is 2.64 bits per heavy atom. The Bertz CT molecular complexity index is 1100. The third kappa shape index (κ3) is 5.85. The Balaban J connectivity index is 1.35. The minimum absolute atomic E-state index is 0.0202. The number of aromatic nitrogens is 2. The number of amides is 2. The van der Waals surface area contributed by atoms with E-state index < -0.39 is 0 Å². The summed E-state index contributed by atoms with van der Waals surface area (Å²) in [5.74, 6) is 0.0473. The minimum Gasteiger partial charge on any atom is -0.350 e. The van der Waals surface area contributed by atoms with Crippen molar-refractivity contribution in [2.24, 2.45) is 0 Å². The number of hydrogen-bond acceptors (Lipinski definition) is 4. The molecule has 2 N–H and O–H groups in total. The largest absolute Gasteiger partial charge is 0.350 e. The Labute approximate surface area is 199 Å². The maximum atomic E-state index is 12.8. The average molecular weight is 463 g/mol. The van der Waals surface area contributed by atoms with E-state index >= 15 is 0 Å². The van der Waals surface area contributed by atoms with Gasteiger partial charge in [0, 0.05) is 35.0 Å². The fourth-order valence-corrected chi connectivity index (χ4v) is 4.76. The third-order valence-corrected chi connectivity index (χ3v) is 7.01. The van der Waals surface area contributed by atoms with Crippen molar-refractivity contribution in [1.82, 2.24) is 20.4 Å². The van der Waals surface area contributed by atoms with Crippen LogP contribution in [0.2, 0.25) is 0 Å². The minimum atomic E-state index is -0.364. The normalized spacial score (nSPS) is 18.7. The number of nitrogens with one attached hydrogen (secondary N) is 2. The van der Waals surface area contributed by atoms with Gasteiger partial charge in [0.15, 0.2) is 0 Å². The van der Waals surface area contributed by atoms with Crippen LogP contribution in [0.4, 0.5) is 0 Å². The van der Waals surface area contributed by atoms with Crippen LogP contribution < -0.4 is 10.6 Å². The molecular formula is C26H30N4O2S. The molecule has 3 aromatic rings. The van der Waals surface area contributed by atoms with Gasteiger partial charge in [-0.3, -0.25) is 9.59 Å². The molecule has 7 heteroatoms. The summed E-state index contributed by atoms with van der Waals surface area (Å²) in [6, 6.07) is 18.2. The van der Waals surface area contributed by atoms with Gasteiger partial charge in [-0.15, -0.1) is 11.8 Å². The molecule has 0 saturated carbocycles. The highest BCUT2D eigenvalue weighted by atomic mass is 32.2. The molecule has 1 aliphatic rings. The van der Waals surface area contributed by atoms with Crippen molar-refractivity contribution >= 4 is 23.6 Å². The smallest absolute Gasteiger partial charge is 0.220 e. The van der Waals surface area contributed by atoms with E-state index in [-0.39, 0.29) is 23.4 Å². The highest BCUT2D eigenvalue weighted by Crippen LogP contribution is 2.30. The monoisotopic (exact) mass is 462 g/mol. The fraction of sp³-hybridized carbons (Fsp3) is 0.346. The molecule has 1 aliphatic heterocycles. The van der Waals surface area contributed by atoms with E-state index in [1.54, 1.807) is 18.0 Å². The lowest BCUT2D eigenvalue weighted by atomic mass is 9.85. The summed E-state index contributed by atoms with van der Waals surface area (Å²) in [4.78, 5) is 26.0. The maximum Gasteiger partial charge on any atom is 0.220 e. The van der Waals surface area contributed by atoms with E-state index in [1.165, 1.54) is 10.5 Å². The summed E-state index contributed by atoms with van der Waals surface area (Å²) in [7, 11) is 0. The summed E-state index contributed by atoms with van der Waals surface area (Å²) in [6.45, 7) is 1.96. The summed E-state index contributed by atoms with van der Waals surface area (Å²) in [5, 5.41) is 10.7. The van der Waals surface area contributed by atoms with Crippen LogP contribution >= 0.6 is 11.8 Å². The SMILES string of the molecule is CSc1ccc(CC2(CCC(=O)NC(C)c3cnn(-c4ccccc4)c3)CCC(=O)N2)cc1. The van der Waals surface area contributed by atoms with E-state index in [0.29, 0.717) is 19.3 Å². The number of benzene rings is 2. The van der Waals surface area contributed by atoms with Crippen molar-refractivity contribution < 1.29 is 9.59 Å². The van der Waals surface area contributed by atoms with Crippen LogP contribution in [-0.4, -0.2) is 33.4 Å². The second-order valence-electron chi connectivity index (χ2n) is 8.70. The van der Waals surface area contributed by atoms with Crippen LogP contribution in [0, 0.1) is 0 Å². The fourth-order valence-electron chi connectivity index (χ4n) is 4.35. The standard InChI is InChI=1S/C26H30N4O2S/c1-19(21-17-27-30(18-21)22-6-4-3-5-7-22)28-24(31)12-14-26(15-13-25(32)29-26)16-20-8-10-23(33-2)11-9-20/h3-11,17-19H,12-16H2,1-2H3,(H,28,31)(H,29,32). The van der Waals surface area contributed by atoms with Crippen molar-refractivity contribution in [3.8, 4) is 5.69 Å². The summed E-state index contributed by atoms with van der Waals surface area (Å²) in [5.41, 5.74) is 2.74. The Morgan fingerprint density at radius 1 is 1.21 bits per heavy atom. The lowest BCUT2D eigenvalue weighted by Crippen LogP contribution is -2.44. The molecule has 1 fully saturated rings. The van der Waals surface area contributed by atoms with Crippen LogP contribution in [-0.2, 0) is 16.0 Å². The van der Waals surface area contributed by atoms with Crippen LogP contribution in [0.15, 0.2) is 71.9 Å². The second kappa shape index (κ2) is 10.3. The molecular weight excluding hydrogens is 432 g/mol.